The summed E-state index contributed by atoms with van der Waals surface area (Å²) in [6.45, 7) is 1.71. The molecule has 0 saturated carbocycles. The van der Waals surface area contributed by atoms with Crippen LogP contribution in [0.1, 0.15) is 16.1 Å². The Bertz CT molecular complexity index is 1160. The molecule has 1 heterocycles. The number of carbonyl (C=O) groups excluding carboxylic acids is 1. The number of para-hydroxylation sites is 3. The van der Waals surface area contributed by atoms with Crippen LogP contribution in [0.5, 0.6) is 11.5 Å². The number of aryl methyl sites for hydroxylation is 1. The molecule has 4 rings (SSSR count). The molecule has 0 aliphatic carbocycles. The first kappa shape index (κ1) is 18.8. The fourth-order valence-corrected chi connectivity index (χ4v) is 3.10. The van der Waals surface area contributed by atoms with Gasteiger partial charge in [0, 0.05) is 5.56 Å². The molecule has 0 saturated heterocycles. The Morgan fingerprint density at radius 3 is 2.34 bits per heavy atom. The largest absolute Gasteiger partial charge is 0.454 e. The van der Waals surface area contributed by atoms with E-state index < -0.39 is 0 Å². The van der Waals surface area contributed by atoms with E-state index in [9.17, 15) is 4.79 Å². The quantitative estimate of drug-likeness (QED) is 0.421. The summed E-state index contributed by atoms with van der Waals surface area (Å²) in [4.78, 5) is 13.1. The second-order valence-electron chi connectivity index (χ2n) is 6.31. The van der Waals surface area contributed by atoms with Crippen molar-refractivity contribution in [1.29, 1.82) is 0 Å². The minimum absolute atomic E-state index is 0.335. The highest BCUT2D eigenvalue weighted by Crippen LogP contribution is 2.34. The van der Waals surface area contributed by atoms with E-state index in [1.54, 1.807) is 31.2 Å². The molecule has 0 aliphatic heterocycles. The molecular weight excluding hydrogens is 388 g/mol. The average molecular weight is 405 g/mol. The molecule has 1 amide bonds. The lowest BCUT2D eigenvalue weighted by Gasteiger charge is -2.13. The number of carbonyl (C=O) groups is 1. The van der Waals surface area contributed by atoms with Crippen LogP contribution in [0.15, 0.2) is 83.4 Å². The van der Waals surface area contributed by atoms with E-state index in [0.29, 0.717) is 39.2 Å². The van der Waals surface area contributed by atoms with E-state index in [-0.39, 0.29) is 5.91 Å². The van der Waals surface area contributed by atoms with Crippen LogP contribution in [0.25, 0.3) is 11.3 Å². The number of benzene rings is 3. The van der Waals surface area contributed by atoms with Crippen molar-refractivity contribution in [2.45, 2.75) is 6.92 Å². The van der Waals surface area contributed by atoms with Crippen molar-refractivity contribution >= 4 is 23.2 Å². The highest BCUT2D eigenvalue weighted by atomic mass is 35.5. The van der Waals surface area contributed by atoms with Crippen molar-refractivity contribution in [3.8, 4) is 22.8 Å². The van der Waals surface area contributed by atoms with Crippen LogP contribution in [-0.2, 0) is 0 Å². The second kappa shape index (κ2) is 8.20. The van der Waals surface area contributed by atoms with Gasteiger partial charge < -0.3 is 14.6 Å². The van der Waals surface area contributed by atoms with Crippen LogP contribution in [0.3, 0.4) is 0 Å². The molecule has 0 bridgehead atoms. The second-order valence-corrected chi connectivity index (χ2v) is 6.72. The van der Waals surface area contributed by atoms with E-state index in [1.165, 1.54) is 0 Å². The zero-order valence-electron chi connectivity index (χ0n) is 15.6. The molecule has 1 N–H and O–H groups in total. The van der Waals surface area contributed by atoms with Crippen LogP contribution >= 0.6 is 11.6 Å². The SMILES string of the molecule is Cc1onc(-c2ccccc2)c1C(=O)Nc1ccccc1Oc1ccccc1Cl. The molecule has 144 valence electrons. The summed E-state index contributed by atoms with van der Waals surface area (Å²) in [6, 6.07) is 23.7. The number of hydrogen-bond donors (Lipinski definition) is 1. The third-order valence-electron chi connectivity index (χ3n) is 4.33. The lowest BCUT2D eigenvalue weighted by molar-refractivity contribution is 0.102. The number of ether oxygens (including phenoxy) is 1. The van der Waals surface area contributed by atoms with Gasteiger partial charge in [-0.15, -0.1) is 0 Å². The van der Waals surface area contributed by atoms with Crippen LogP contribution < -0.4 is 10.1 Å². The summed E-state index contributed by atoms with van der Waals surface area (Å²) in [5, 5.41) is 7.44. The van der Waals surface area contributed by atoms with Crippen LogP contribution in [0, 0.1) is 6.92 Å². The molecular formula is C23H17ClN2O3. The lowest BCUT2D eigenvalue weighted by Crippen LogP contribution is -2.14. The Hall–Kier alpha value is -3.57. The van der Waals surface area contributed by atoms with Gasteiger partial charge in [-0.1, -0.05) is 71.4 Å². The fraction of sp³-hybridized carbons (Fsp3) is 0.0435. The number of nitrogens with one attached hydrogen (secondary N) is 1. The van der Waals surface area contributed by atoms with Gasteiger partial charge in [0.15, 0.2) is 5.75 Å². The van der Waals surface area contributed by atoms with Gasteiger partial charge >= 0.3 is 0 Å². The Morgan fingerprint density at radius 1 is 0.931 bits per heavy atom. The molecule has 6 heteroatoms. The molecule has 3 aromatic carbocycles. The average Bonchev–Trinajstić information content (AvgIpc) is 3.13. The van der Waals surface area contributed by atoms with E-state index in [1.807, 2.05) is 54.6 Å². The number of halogens is 1. The Labute approximate surface area is 172 Å². The predicted molar refractivity (Wildman–Crippen MR) is 113 cm³/mol. The Morgan fingerprint density at radius 2 is 1.59 bits per heavy atom. The van der Waals surface area contributed by atoms with Crippen LogP contribution in [0.2, 0.25) is 5.02 Å². The monoisotopic (exact) mass is 404 g/mol. The summed E-state index contributed by atoms with van der Waals surface area (Å²) >= 11 is 6.19. The van der Waals surface area contributed by atoms with E-state index >= 15 is 0 Å². The zero-order valence-corrected chi connectivity index (χ0v) is 16.3. The number of rotatable bonds is 5. The third-order valence-corrected chi connectivity index (χ3v) is 4.64. The highest BCUT2D eigenvalue weighted by molar-refractivity contribution is 6.32. The Balaban J connectivity index is 1.64. The zero-order chi connectivity index (χ0) is 20.2. The van der Waals surface area contributed by atoms with Crippen molar-refractivity contribution in [1.82, 2.24) is 5.16 Å². The first-order valence-electron chi connectivity index (χ1n) is 8.98. The first-order valence-corrected chi connectivity index (χ1v) is 9.36. The molecule has 29 heavy (non-hydrogen) atoms. The van der Waals surface area contributed by atoms with Gasteiger partial charge in [0.05, 0.1) is 10.7 Å². The molecule has 0 unspecified atom stereocenters. The van der Waals surface area contributed by atoms with Crippen molar-refractivity contribution in [3.63, 3.8) is 0 Å². The maximum Gasteiger partial charge on any atom is 0.261 e. The lowest BCUT2D eigenvalue weighted by atomic mass is 10.1. The number of anilines is 1. The molecule has 0 fully saturated rings. The van der Waals surface area contributed by atoms with E-state index in [2.05, 4.69) is 10.5 Å². The van der Waals surface area contributed by atoms with Gasteiger partial charge in [0.25, 0.3) is 5.91 Å². The Kier molecular flexibility index (Phi) is 5.31. The maximum atomic E-state index is 13.1. The summed E-state index contributed by atoms with van der Waals surface area (Å²) in [7, 11) is 0. The molecule has 4 aromatic rings. The molecule has 5 nitrogen and oxygen atoms in total. The topological polar surface area (TPSA) is 64.4 Å². The van der Waals surface area contributed by atoms with E-state index in [0.717, 1.165) is 5.56 Å². The van der Waals surface area contributed by atoms with Gasteiger partial charge in [-0.05, 0) is 31.2 Å². The number of amides is 1. The van der Waals surface area contributed by atoms with Crippen molar-refractivity contribution < 1.29 is 14.1 Å². The molecule has 0 spiro atoms. The smallest absolute Gasteiger partial charge is 0.261 e. The van der Waals surface area contributed by atoms with Gasteiger partial charge in [0.2, 0.25) is 0 Å². The minimum Gasteiger partial charge on any atom is -0.454 e. The van der Waals surface area contributed by atoms with Crippen molar-refractivity contribution in [3.05, 3.63) is 95.2 Å². The highest BCUT2D eigenvalue weighted by Gasteiger charge is 2.22. The third kappa shape index (κ3) is 4.00. The van der Waals surface area contributed by atoms with Crippen molar-refractivity contribution in [2.24, 2.45) is 0 Å². The summed E-state index contributed by atoms with van der Waals surface area (Å²) in [5.41, 5.74) is 2.18. The number of hydrogen-bond acceptors (Lipinski definition) is 4. The van der Waals surface area contributed by atoms with Gasteiger partial charge in [-0.2, -0.15) is 0 Å². The minimum atomic E-state index is -0.335. The van der Waals surface area contributed by atoms with Gasteiger partial charge in [-0.3, -0.25) is 4.79 Å². The summed E-state index contributed by atoms with van der Waals surface area (Å²) in [5.74, 6) is 1.08. The van der Waals surface area contributed by atoms with Crippen molar-refractivity contribution in [2.75, 3.05) is 5.32 Å². The van der Waals surface area contributed by atoms with Gasteiger partial charge in [-0.25, -0.2) is 0 Å². The number of nitrogens with zero attached hydrogens (tertiary/aromatic N) is 1. The summed E-state index contributed by atoms with van der Waals surface area (Å²) < 4.78 is 11.2. The normalized spacial score (nSPS) is 10.6. The maximum absolute atomic E-state index is 13.1. The standard InChI is InChI=1S/C23H17ClN2O3/c1-15-21(22(26-29-15)16-9-3-2-4-10-16)23(27)25-18-12-6-8-14-20(18)28-19-13-7-5-11-17(19)24/h2-14H,1H3,(H,25,27). The molecule has 0 radical (unpaired) electrons. The van der Waals surface area contributed by atoms with E-state index in [4.69, 9.17) is 20.9 Å². The molecule has 1 aromatic heterocycles. The predicted octanol–water partition coefficient (Wildman–Crippen LogP) is 6.35. The molecule has 0 atom stereocenters. The summed E-state index contributed by atoms with van der Waals surface area (Å²) in [6.07, 6.45) is 0. The van der Waals surface area contributed by atoms with Gasteiger partial charge in [0.1, 0.15) is 22.8 Å². The van der Waals surface area contributed by atoms with Crippen LogP contribution in [-0.4, -0.2) is 11.1 Å². The number of aromatic nitrogens is 1. The first-order chi connectivity index (χ1) is 14.1. The molecule has 0 aliphatic rings. The fourth-order valence-electron chi connectivity index (χ4n) is 2.92. The van der Waals surface area contributed by atoms with Crippen LogP contribution in [0.4, 0.5) is 5.69 Å².